The number of hydrogen-bond donors (Lipinski definition) is 1. The first-order valence-corrected chi connectivity index (χ1v) is 9.06. The summed E-state index contributed by atoms with van der Waals surface area (Å²) in [6, 6.07) is 0. The average molecular weight is 304 g/mol. The zero-order valence-corrected chi connectivity index (χ0v) is 13.8. The Bertz CT molecular complexity index is 527. The van der Waals surface area contributed by atoms with Crippen molar-refractivity contribution < 1.29 is 14.7 Å². The highest BCUT2D eigenvalue weighted by atomic mass is 16.3. The minimum atomic E-state index is -0.222. The Hall–Kier alpha value is -0.700. The molecular weight excluding hydrogens is 276 g/mol. The van der Waals surface area contributed by atoms with Crippen molar-refractivity contribution in [3.05, 3.63) is 0 Å². The van der Waals surface area contributed by atoms with Crippen molar-refractivity contribution in [2.45, 2.75) is 71.3 Å². The van der Waals surface area contributed by atoms with Gasteiger partial charge in [0.05, 0.1) is 6.10 Å². The Kier molecular flexibility index (Phi) is 3.15. The zero-order valence-electron chi connectivity index (χ0n) is 13.8. The number of ketones is 2. The molecule has 4 rings (SSSR count). The molecule has 4 aliphatic carbocycles. The van der Waals surface area contributed by atoms with Crippen LogP contribution in [0.15, 0.2) is 0 Å². The number of aliphatic hydroxyl groups excluding tert-OH is 1. The van der Waals surface area contributed by atoms with Crippen LogP contribution in [0.3, 0.4) is 0 Å². The van der Waals surface area contributed by atoms with Crippen LogP contribution in [-0.2, 0) is 9.59 Å². The summed E-state index contributed by atoms with van der Waals surface area (Å²) in [5.74, 6) is 1.97. The molecule has 4 aliphatic rings. The molecule has 0 aromatic heterocycles. The molecule has 0 heterocycles. The van der Waals surface area contributed by atoms with E-state index in [1.807, 2.05) is 0 Å². The molecular formula is C19H28O3. The van der Waals surface area contributed by atoms with Gasteiger partial charge in [-0.2, -0.15) is 0 Å². The summed E-state index contributed by atoms with van der Waals surface area (Å²) in [5, 5.41) is 10.2. The van der Waals surface area contributed by atoms with Gasteiger partial charge in [0.1, 0.15) is 11.6 Å². The lowest BCUT2D eigenvalue weighted by Gasteiger charge is -2.58. The van der Waals surface area contributed by atoms with E-state index in [2.05, 4.69) is 13.8 Å². The molecule has 4 fully saturated rings. The van der Waals surface area contributed by atoms with Crippen LogP contribution >= 0.6 is 0 Å². The highest BCUT2D eigenvalue weighted by molar-refractivity contribution is 5.86. The number of hydrogen-bond acceptors (Lipinski definition) is 3. The second-order valence-electron chi connectivity index (χ2n) is 9.14. The molecule has 0 aliphatic heterocycles. The molecule has 0 spiro atoms. The molecule has 22 heavy (non-hydrogen) atoms. The molecule has 122 valence electrons. The molecule has 7 unspecified atom stereocenters. The third kappa shape index (κ3) is 1.90. The number of carbonyl (C=O) groups excluding carboxylic acids is 2. The smallest absolute Gasteiger partial charge is 0.136 e. The van der Waals surface area contributed by atoms with Crippen LogP contribution in [0.2, 0.25) is 0 Å². The first-order valence-electron chi connectivity index (χ1n) is 9.06. The SMILES string of the molecule is CC12CCC3C(C(=O)CC4CC(=O)CCC43C)C1CC(O)C2. The lowest BCUT2D eigenvalue weighted by atomic mass is 9.45. The number of fused-ring (bicyclic) bond motifs is 5. The van der Waals surface area contributed by atoms with Crippen LogP contribution in [-0.4, -0.2) is 22.8 Å². The highest BCUT2D eigenvalue weighted by Crippen LogP contribution is 2.65. The van der Waals surface area contributed by atoms with E-state index >= 15 is 0 Å². The molecule has 3 nitrogen and oxygen atoms in total. The van der Waals surface area contributed by atoms with Gasteiger partial charge in [-0.25, -0.2) is 0 Å². The molecule has 7 atom stereocenters. The maximum absolute atomic E-state index is 12.9. The largest absolute Gasteiger partial charge is 0.393 e. The molecule has 0 amide bonds. The fourth-order valence-electron chi connectivity index (χ4n) is 6.75. The standard InChI is InChI=1S/C19H28O3/c1-18-5-4-14-17(15(18)9-13(21)10-18)16(22)8-11-7-12(20)3-6-19(11,14)2/h11,13-15,17,21H,3-10H2,1-2H3. The van der Waals surface area contributed by atoms with Crippen molar-refractivity contribution in [2.24, 2.45) is 34.5 Å². The minimum Gasteiger partial charge on any atom is -0.393 e. The molecule has 0 aromatic rings. The normalized spacial score (nSPS) is 54.6. The molecule has 0 aromatic carbocycles. The Labute approximate surface area is 132 Å². The van der Waals surface area contributed by atoms with Crippen LogP contribution < -0.4 is 0 Å². The van der Waals surface area contributed by atoms with E-state index in [4.69, 9.17) is 0 Å². The minimum absolute atomic E-state index is 0.144. The maximum atomic E-state index is 12.9. The number of rotatable bonds is 0. The van der Waals surface area contributed by atoms with Gasteiger partial charge in [0.2, 0.25) is 0 Å². The number of aliphatic hydroxyl groups is 1. The predicted molar refractivity (Wildman–Crippen MR) is 83.1 cm³/mol. The maximum Gasteiger partial charge on any atom is 0.136 e. The van der Waals surface area contributed by atoms with Crippen LogP contribution in [0.1, 0.15) is 65.2 Å². The zero-order chi connectivity index (χ0) is 15.7. The van der Waals surface area contributed by atoms with Gasteiger partial charge < -0.3 is 5.11 Å². The van der Waals surface area contributed by atoms with Crippen molar-refractivity contribution >= 4 is 11.6 Å². The highest BCUT2D eigenvalue weighted by Gasteiger charge is 2.61. The predicted octanol–water partition coefficient (Wildman–Crippen LogP) is 3.14. The van der Waals surface area contributed by atoms with Gasteiger partial charge in [0, 0.05) is 25.2 Å². The van der Waals surface area contributed by atoms with Crippen LogP contribution in [0.4, 0.5) is 0 Å². The van der Waals surface area contributed by atoms with E-state index in [1.54, 1.807) is 0 Å². The molecule has 3 heteroatoms. The fourth-order valence-corrected chi connectivity index (χ4v) is 6.75. The van der Waals surface area contributed by atoms with E-state index in [0.29, 0.717) is 42.7 Å². The van der Waals surface area contributed by atoms with E-state index in [1.165, 1.54) is 0 Å². The summed E-state index contributed by atoms with van der Waals surface area (Å²) in [7, 11) is 0. The van der Waals surface area contributed by atoms with Gasteiger partial charge in [-0.1, -0.05) is 13.8 Å². The first kappa shape index (κ1) is 14.9. The number of carbonyl (C=O) groups is 2. The molecule has 4 saturated carbocycles. The second kappa shape index (κ2) is 4.66. The summed E-state index contributed by atoms with van der Waals surface area (Å²) < 4.78 is 0. The Morgan fingerprint density at radius 3 is 2.64 bits per heavy atom. The summed E-state index contributed by atoms with van der Waals surface area (Å²) in [4.78, 5) is 24.8. The summed E-state index contributed by atoms with van der Waals surface area (Å²) in [6.45, 7) is 4.64. The molecule has 1 N–H and O–H groups in total. The summed E-state index contributed by atoms with van der Waals surface area (Å²) in [5.41, 5.74) is 0.325. The van der Waals surface area contributed by atoms with Gasteiger partial charge >= 0.3 is 0 Å². The van der Waals surface area contributed by atoms with Crippen molar-refractivity contribution in [1.82, 2.24) is 0 Å². The monoisotopic (exact) mass is 304 g/mol. The molecule has 0 saturated heterocycles. The van der Waals surface area contributed by atoms with E-state index in [0.717, 1.165) is 32.1 Å². The average Bonchev–Trinajstić information content (AvgIpc) is 2.75. The van der Waals surface area contributed by atoms with Gasteiger partial charge in [0.25, 0.3) is 0 Å². The third-order valence-corrected chi connectivity index (χ3v) is 8.03. The van der Waals surface area contributed by atoms with Gasteiger partial charge in [-0.15, -0.1) is 0 Å². The molecule has 0 bridgehead atoms. The molecule has 0 radical (unpaired) electrons. The fraction of sp³-hybridized carbons (Fsp3) is 0.895. The number of Topliss-reactive ketones (excluding diaryl/α,β-unsaturated/α-hetero) is 2. The van der Waals surface area contributed by atoms with Gasteiger partial charge in [-0.05, 0) is 60.7 Å². The van der Waals surface area contributed by atoms with Crippen molar-refractivity contribution in [2.75, 3.05) is 0 Å². The van der Waals surface area contributed by atoms with Crippen LogP contribution in [0.25, 0.3) is 0 Å². The van der Waals surface area contributed by atoms with Crippen molar-refractivity contribution in [1.29, 1.82) is 0 Å². The van der Waals surface area contributed by atoms with Gasteiger partial charge in [0.15, 0.2) is 0 Å². The topological polar surface area (TPSA) is 54.4 Å². The second-order valence-corrected chi connectivity index (χ2v) is 9.14. The summed E-state index contributed by atoms with van der Waals surface area (Å²) in [6.07, 6.45) is 6.60. The van der Waals surface area contributed by atoms with E-state index in [9.17, 15) is 14.7 Å². The third-order valence-electron chi connectivity index (χ3n) is 8.03. The quantitative estimate of drug-likeness (QED) is 0.748. The van der Waals surface area contributed by atoms with Crippen LogP contribution in [0, 0.1) is 34.5 Å². The Morgan fingerprint density at radius 1 is 1.09 bits per heavy atom. The summed E-state index contributed by atoms with van der Waals surface area (Å²) >= 11 is 0. The van der Waals surface area contributed by atoms with Crippen LogP contribution in [0.5, 0.6) is 0 Å². The van der Waals surface area contributed by atoms with E-state index in [-0.39, 0.29) is 28.8 Å². The van der Waals surface area contributed by atoms with Crippen molar-refractivity contribution in [3.8, 4) is 0 Å². The van der Waals surface area contributed by atoms with Crippen molar-refractivity contribution in [3.63, 3.8) is 0 Å². The first-order chi connectivity index (χ1) is 10.3. The lowest BCUT2D eigenvalue weighted by molar-refractivity contribution is -0.156. The Morgan fingerprint density at radius 2 is 1.86 bits per heavy atom. The van der Waals surface area contributed by atoms with E-state index < -0.39 is 0 Å². The lowest BCUT2D eigenvalue weighted by Crippen LogP contribution is -2.56. The van der Waals surface area contributed by atoms with Gasteiger partial charge in [-0.3, -0.25) is 9.59 Å². The Balaban J connectivity index is 1.70.